The van der Waals surface area contributed by atoms with Crippen LogP contribution in [-0.4, -0.2) is 20.1 Å². The molecular weight excluding hydrogens is 1000 g/mol. The van der Waals surface area contributed by atoms with Crippen LogP contribution in [0.25, 0.3) is 21.6 Å². The van der Waals surface area contributed by atoms with Crippen LogP contribution in [0.5, 0.6) is 0 Å². The maximum absolute atomic E-state index is 6.93. The predicted octanol–water partition coefficient (Wildman–Crippen LogP) is 11.6. The summed E-state index contributed by atoms with van der Waals surface area (Å²) in [6, 6.07) is 18.5. The van der Waals surface area contributed by atoms with Gasteiger partial charge in [0.05, 0.1) is 0 Å². The van der Waals surface area contributed by atoms with E-state index in [2.05, 4.69) is 112 Å². The van der Waals surface area contributed by atoms with Crippen molar-refractivity contribution in [3.63, 3.8) is 0 Å². The molecule has 0 aliphatic carbocycles. The summed E-state index contributed by atoms with van der Waals surface area (Å²) in [4.78, 5) is 2.84. The SMILES string of the molecule is CCCCCCCC[Si]1(CCCCCCCC)c2cc(C)ccc2-c2ccc(-c3ccc(C)s3)cc21.S=BS(=S)(=S)S(=S)(=S)S.[3H]SS(=S)(=S)S(=S)(=S)B=S. The minimum absolute atomic E-state index is 0.652. The first-order valence-electron chi connectivity index (χ1n) is 18.3. The molecule has 0 nitrogen and oxygen atoms in total. The Morgan fingerprint density at radius 1 is 0.630 bits per heavy atom. The van der Waals surface area contributed by atoms with Gasteiger partial charge in [0.15, 0.2) is 0 Å². The minimum atomic E-state index is -2.04. The van der Waals surface area contributed by atoms with Crippen molar-refractivity contribution in [1.82, 2.24) is 0 Å². The molecule has 0 fully saturated rings. The molecule has 0 saturated heterocycles. The second-order valence-electron chi connectivity index (χ2n) is 13.4. The predicted molar refractivity (Wildman–Crippen MR) is 299 cm³/mol. The van der Waals surface area contributed by atoms with E-state index < -0.39 is 30.6 Å². The van der Waals surface area contributed by atoms with E-state index in [0.717, 1.165) is 0 Å². The van der Waals surface area contributed by atoms with Gasteiger partial charge in [0.25, 0.3) is 0 Å². The van der Waals surface area contributed by atoms with E-state index in [9.17, 15) is 0 Å². The van der Waals surface area contributed by atoms with Crippen LogP contribution >= 0.6 is 58.7 Å². The van der Waals surface area contributed by atoms with Gasteiger partial charge in [-0.2, -0.15) is 0 Å². The van der Waals surface area contributed by atoms with Crippen molar-refractivity contribution < 1.29 is 0 Å². The summed E-state index contributed by atoms with van der Waals surface area (Å²) in [7, 11) is -1.79. The van der Waals surface area contributed by atoms with Gasteiger partial charge < -0.3 is 0 Å². The van der Waals surface area contributed by atoms with Crippen LogP contribution in [0.1, 0.15) is 101 Å². The average Bonchev–Trinajstić information content (AvgIpc) is 3.69. The third kappa shape index (κ3) is 15.9. The van der Waals surface area contributed by atoms with Crippen molar-refractivity contribution >= 4 is 200 Å². The normalized spacial score (nSPS) is 13.5. The Hall–Kier alpha value is 2.79. The van der Waals surface area contributed by atoms with Gasteiger partial charge in [0.1, 0.15) is 8.07 Å². The van der Waals surface area contributed by atoms with Crippen molar-refractivity contribution in [2.45, 2.75) is 117 Å². The molecule has 0 saturated carbocycles. The molecule has 0 spiro atoms. The van der Waals surface area contributed by atoms with Crippen molar-refractivity contribution in [3.8, 4) is 21.6 Å². The monoisotopic (exact) mass is 1050 g/mol. The number of thiol groups is 2. The fraction of sp³-hybridized carbons (Fsp3) is 0.529. The zero-order valence-electron chi connectivity index (χ0n) is 32.2. The van der Waals surface area contributed by atoms with Crippen LogP contribution in [-0.2, 0) is 112 Å². The van der Waals surface area contributed by atoms with E-state index >= 15 is 0 Å². The van der Waals surface area contributed by atoms with Gasteiger partial charge in [-0.25, -0.2) is 0 Å². The Labute approximate surface area is 392 Å². The van der Waals surface area contributed by atoms with Gasteiger partial charge in [-0.05, 0) is 65.1 Å². The maximum atomic E-state index is 6.93. The van der Waals surface area contributed by atoms with Crippen LogP contribution < -0.4 is 10.4 Å². The summed E-state index contributed by atoms with van der Waals surface area (Å²) in [6.07, 6.45) is 16.7. The van der Waals surface area contributed by atoms with E-state index in [1.807, 2.05) is 11.3 Å². The molecule has 0 atom stereocenters. The molecule has 2 heterocycles. The Morgan fingerprint density at radius 2 is 1.09 bits per heavy atom. The van der Waals surface area contributed by atoms with Gasteiger partial charge in [0, 0.05) is 9.75 Å². The van der Waals surface area contributed by atoms with Crippen molar-refractivity contribution in [3.05, 3.63) is 59.0 Å². The van der Waals surface area contributed by atoms with Crippen LogP contribution in [0.15, 0.2) is 48.5 Å². The first-order valence-corrected chi connectivity index (χ1v) is 39.1. The Kier molecular flexibility index (Phi) is 23.7. The van der Waals surface area contributed by atoms with Gasteiger partial charge >= 0.3 is 171 Å². The van der Waals surface area contributed by atoms with Crippen molar-refractivity contribution in [1.29, 1.82) is 1.12 Å². The molecule has 3 aromatic rings. The number of rotatable bonds is 20. The third-order valence-corrected chi connectivity index (χ3v) is 55.1. The second kappa shape index (κ2) is 25.0. The van der Waals surface area contributed by atoms with E-state index in [1.54, 1.807) is 21.5 Å². The van der Waals surface area contributed by atoms with Gasteiger partial charge in [0.2, 0.25) is 0 Å². The standard InChI is InChI=1S/C34H48SSi.2BHS8/c1-5-7-9-11-13-15-23-36(24-16-14-12-10-8-6-2)33-25-27(3)17-20-30(33)31-21-19-29(26-34(31)36)32-22-18-28(4)35-32;2*2-1-8(3,4)9(5,6)7/h17-22,25-26H,5-16,23-24H2,1-4H3;2*(H,5,6,7)/i/hT. The quantitative estimate of drug-likeness (QED) is 0.0484. The summed E-state index contributed by atoms with van der Waals surface area (Å²) in [5.41, 5.74) is 8.62. The molecule has 0 unspecified atom stereocenters. The molecule has 1 aromatic heterocycles. The van der Waals surface area contributed by atoms with Crippen molar-refractivity contribution in [2.24, 2.45) is 0 Å². The van der Waals surface area contributed by atoms with E-state index in [0.29, 0.717) is 11.6 Å². The number of hydrogen-bond acceptors (Lipinski definition) is 12. The molecule has 4 rings (SSSR count). The molecular formula is C34H50B2S17Si. The van der Waals surface area contributed by atoms with Crippen LogP contribution in [0.4, 0.5) is 0 Å². The molecule has 20 heteroatoms. The van der Waals surface area contributed by atoms with Gasteiger partial charge in [-0.15, -0.1) is 11.3 Å². The number of hydrogen-bond donors (Lipinski definition) is 2. The molecule has 0 N–H and O–H groups in total. The summed E-state index contributed by atoms with van der Waals surface area (Å²) < 4.78 is 6.93. The summed E-state index contributed by atoms with van der Waals surface area (Å²) in [5.74, 6) is 0. The fourth-order valence-corrected chi connectivity index (χ4v) is 20.9. The van der Waals surface area contributed by atoms with E-state index in [1.165, 1.54) is 121 Å². The Balaban J connectivity index is 0.000000453. The molecule has 1 aliphatic heterocycles. The fourth-order valence-electron chi connectivity index (χ4n) is 6.53. The number of aryl methyl sites for hydroxylation is 2. The van der Waals surface area contributed by atoms with Crippen molar-refractivity contribution in [2.75, 3.05) is 0 Å². The average molecular weight is 1060 g/mol. The molecule has 0 bridgehead atoms. The first kappa shape index (κ1) is 51.1. The topological polar surface area (TPSA) is 0 Å². The van der Waals surface area contributed by atoms with Gasteiger partial charge in [-0.3, -0.25) is 0 Å². The van der Waals surface area contributed by atoms with E-state index in [4.69, 9.17) is 90.6 Å². The van der Waals surface area contributed by atoms with Crippen LogP contribution in [0, 0.1) is 13.8 Å². The summed E-state index contributed by atoms with van der Waals surface area (Å²) in [6.45, 7) is 9.18. The number of benzene rings is 2. The molecule has 0 amide bonds. The summed E-state index contributed by atoms with van der Waals surface area (Å²) >= 11 is 54.7. The number of fused-ring (bicyclic) bond motifs is 3. The summed E-state index contributed by atoms with van der Waals surface area (Å²) in [5, 5.41) is -0.461. The van der Waals surface area contributed by atoms with Gasteiger partial charge in [-0.1, -0.05) is 133 Å². The number of thiophene rings is 1. The Bertz CT molecular complexity index is 2160. The van der Waals surface area contributed by atoms with Crippen LogP contribution in [0.3, 0.4) is 0 Å². The first-order chi connectivity index (χ1) is 25.8. The van der Waals surface area contributed by atoms with Crippen LogP contribution in [0.2, 0.25) is 12.1 Å². The Morgan fingerprint density at radius 3 is 1.50 bits per heavy atom. The zero-order chi connectivity index (χ0) is 41.5. The molecule has 1 aliphatic rings. The number of unbranched alkanes of at least 4 members (excludes halogenated alkanes) is 10. The zero-order valence-corrected chi connectivity index (χ0v) is 46.1. The third-order valence-electron chi connectivity index (χ3n) is 9.27. The van der Waals surface area contributed by atoms with E-state index in [-0.39, 0.29) is 0 Å². The molecule has 54 heavy (non-hydrogen) atoms. The molecule has 2 aromatic carbocycles. The second-order valence-corrected chi connectivity index (χ2v) is 57.4. The molecule has 0 radical (unpaired) electrons. The molecule has 298 valence electrons.